The van der Waals surface area contributed by atoms with Crippen molar-refractivity contribution in [1.82, 2.24) is 5.32 Å². The van der Waals surface area contributed by atoms with E-state index < -0.39 is 18.5 Å². The third-order valence-electron chi connectivity index (χ3n) is 3.55. The lowest BCUT2D eigenvalue weighted by Gasteiger charge is -2.16. The van der Waals surface area contributed by atoms with Crippen molar-refractivity contribution in [2.24, 2.45) is 0 Å². The van der Waals surface area contributed by atoms with Gasteiger partial charge in [-0.15, -0.1) is 0 Å². The summed E-state index contributed by atoms with van der Waals surface area (Å²) in [5.41, 5.74) is 0.994. The molecule has 0 bridgehead atoms. The van der Waals surface area contributed by atoms with E-state index >= 15 is 0 Å². The van der Waals surface area contributed by atoms with Crippen molar-refractivity contribution in [3.63, 3.8) is 0 Å². The van der Waals surface area contributed by atoms with Crippen LogP contribution in [0.15, 0.2) is 42.5 Å². The fourth-order valence-electron chi connectivity index (χ4n) is 2.34. The van der Waals surface area contributed by atoms with Gasteiger partial charge in [-0.05, 0) is 43.7 Å². The Labute approximate surface area is 162 Å². The predicted molar refractivity (Wildman–Crippen MR) is 101 cm³/mol. The maximum absolute atomic E-state index is 12.2. The van der Waals surface area contributed by atoms with Crippen molar-refractivity contribution in [1.29, 1.82) is 0 Å². The summed E-state index contributed by atoms with van der Waals surface area (Å²) in [5, 5.41) is 3.69. The molecule has 2 aromatic carbocycles. The van der Waals surface area contributed by atoms with E-state index in [1.807, 2.05) is 6.92 Å². The zero-order valence-corrected chi connectivity index (χ0v) is 15.9. The molecule has 0 saturated carbocycles. The highest BCUT2D eigenvalue weighted by Gasteiger charge is 2.17. The van der Waals surface area contributed by atoms with E-state index in [1.165, 1.54) is 0 Å². The molecule has 2 aromatic rings. The number of rotatable bonds is 7. The van der Waals surface area contributed by atoms with Crippen molar-refractivity contribution >= 4 is 35.1 Å². The van der Waals surface area contributed by atoms with Crippen LogP contribution < -0.4 is 10.1 Å². The fraction of sp³-hybridized carbons (Fsp3) is 0.263. The van der Waals surface area contributed by atoms with Crippen LogP contribution in [0.2, 0.25) is 10.0 Å². The van der Waals surface area contributed by atoms with Crippen molar-refractivity contribution in [2.45, 2.75) is 19.9 Å². The highest BCUT2D eigenvalue weighted by molar-refractivity contribution is 6.35. The number of esters is 1. The molecule has 1 unspecified atom stereocenters. The molecule has 7 heteroatoms. The summed E-state index contributed by atoms with van der Waals surface area (Å²) in [6.45, 7) is 3.61. The minimum atomic E-state index is -0.624. The monoisotopic (exact) mass is 395 g/mol. The first-order valence-corrected chi connectivity index (χ1v) is 8.81. The number of hydrogen-bond donors (Lipinski definition) is 1. The maximum Gasteiger partial charge on any atom is 0.342 e. The SMILES string of the molecule is CCOc1ccccc1C(=O)OCC(=O)NC(C)c1ccc(Cl)cc1Cl. The smallest absolute Gasteiger partial charge is 0.342 e. The Balaban J connectivity index is 1.93. The van der Waals surface area contributed by atoms with Gasteiger partial charge in [0.1, 0.15) is 11.3 Å². The summed E-state index contributed by atoms with van der Waals surface area (Å²) in [6.07, 6.45) is 0. The quantitative estimate of drug-likeness (QED) is 0.704. The lowest BCUT2D eigenvalue weighted by molar-refractivity contribution is -0.124. The standard InChI is InChI=1S/C19H19Cl2NO4/c1-3-25-17-7-5-4-6-15(17)19(24)26-11-18(23)22-12(2)14-9-8-13(20)10-16(14)21/h4-10,12H,3,11H2,1-2H3,(H,22,23). The van der Waals surface area contributed by atoms with Gasteiger partial charge in [0, 0.05) is 10.0 Å². The van der Waals surface area contributed by atoms with Gasteiger partial charge in [-0.3, -0.25) is 4.79 Å². The van der Waals surface area contributed by atoms with E-state index in [1.54, 1.807) is 49.4 Å². The third-order valence-corrected chi connectivity index (χ3v) is 4.11. The van der Waals surface area contributed by atoms with Gasteiger partial charge in [0.25, 0.3) is 5.91 Å². The summed E-state index contributed by atoms with van der Waals surface area (Å²) in [7, 11) is 0. The number of ether oxygens (including phenoxy) is 2. The number of carbonyl (C=O) groups excluding carboxylic acids is 2. The lowest BCUT2D eigenvalue weighted by atomic mass is 10.1. The summed E-state index contributed by atoms with van der Waals surface area (Å²) in [6, 6.07) is 11.4. The first-order valence-electron chi connectivity index (χ1n) is 8.05. The van der Waals surface area contributed by atoms with Crippen LogP contribution >= 0.6 is 23.2 Å². The first-order chi connectivity index (χ1) is 12.4. The van der Waals surface area contributed by atoms with Gasteiger partial charge in [0.05, 0.1) is 12.6 Å². The average Bonchev–Trinajstić information content (AvgIpc) is 2.60. The van der Waals surface area contributed by atoms with Crippen molar-refractivity contribution in [3.8, 4) is 5.75 Å². The highest BCUT2D eigenvalue weighted by atomic mass is 35.5. The maximum atomic E-state index is 12.2. The Bertz CT molecular complexity index is 795. The molecule has 2 rings (SSSR count). The second-order valence-corrected chi connectivity index (χ2v) is 6.30. The van der Waals surface area contributed by atoms with Crippen LogP contribution in [-0.4, -0.2) is 25.1 Å². The molecule has 0 heterocycles. The van der Waals surface area contributed by atoms with E-state index in [9.17, 15) is 9.59 Å². The number of carbonyl (C=O) groups is 2. The second kappa shape index (κ2) is 9.46. The Morgan fingerprint density at radius 2 is 1.88 bits per heavy atom. The van der Waals surface area contributed by atoms with Crippen LogP contribution in [0.25, 0.3) is 0 Å². The molecule has 0 aliphatic carbocycles. The molecule has 0 aliphatic heterocycles. The zero-order chi connectivity index (χ0) is 19.1. The molecule has 5 nitrogen and oxygen atoms in total. The van der Waals surface area contributed by atoms with Gasteiger partial charge >= 0.3 is 5.97 Å². The van der Waals surface area contributed by atoms with Gasteiger partial charge < -0.3 is 14.8 Å². The van der Waals surface area contributed by atoms with Gasteiger partial charge in [0.15, 0.2) is 6.61 Å². The van der Waals surface area contributed by atoms with E-state index in [0.29, 0.717) is 22.4 Å². The van der Waals surface area contributed by atoms with E-state index in [0.717, 1.165) is 5.56 Å². The topological polar surface area (TPSA) is 64.6 Å². The minimum absolute atomic E-state index is 0.274. The molecular formula is C19H19Cl2NO4. The van der Waals surface area contributed by atoms with Crippen LogP contribution in [-0.2, 0) is 9.53 Å². The Morgan fingerprint density at radius 1 is 1.15 bits per heavy atom. The fourth-order valence-corrected chi connectivity index (χ4v) is 2.91. The Kier molecular flexibility index (Phi) is 7.30. The zero-order valence-electron chi connectivity index (χ0n) is 14.4. The van der Waals surface area contributed by atoms with Crippen LogP contribution in [0.3, 0.4) is 0 Å². The molecule has 0 saturated heterocycles. The summed E-state index contributed by atoms with van der Waals surface area (Å²) < 4.78 is 10.5. The van der Waals surface area contributed by atoms with Gasteiger partial charge in [0.2, 0.25) is 0 Å². The molecule has 138 valence electrons. The Hall–Kier alpha value is -2.24. The lowest BCUT2D eigenvalue weighted by Crippen LogP contribution is -2.31. The molecule has 26 heavy (non-hydrogen) atoms. The molecule has 1 amide bonds. The summed E-state index contributed by atoms with van der Waals surface area (Å²) >= 11 is 12.0. The second-order valence-electron chi connectivity index (χ2n) is 5.46. The number of halogens is 2. The number of amides is 1. The van der Waals surface area contributed by atoms with E-state index in [2.05, 4.69) is 5.32 Å². The molecule has 0 fully saturated rings. The van der Waals surface area contributed by atoms with Crippen LogP contribution in [0.5, 0.6) is 5.75 Å². The average molecular weight is 396 g/mol. The predicted octanol–water partition coefficient (Wildman–Crippen LogP) is 4.43. The van der Waals surface area contributed by atoms with Crippen LogP contribution in [0.4, 0.5) is 0 Å². The first kappa shape index (κ1) is 20.1. The molecular weight excluding hydrogens is 377 g/mol. The number of para-hydroxylation sites is 1. The van der Waals surface area contributed by atoms with E-state index in [-0.39, 0.29) is 11.6 Å². The van der Waals surface area contributed by atoms with Crippen LogP contribution in [0.1, 0.15) is 35.8 Å². The Morgan fingerprint density at radius 3 is 2.58 bits per heavy atom. The summed E-state index contributed by atoms with van der Waals surface area (Å²) in [5.74, 6) is -0.645. The van der Waals surface area contributed by atoms with Crippen molar-refractivity contribution < 1.29 is 19.1 Å². The van der Waals surface area contributed by atoms with Crippen molar-refractivity contribution in [2.75, 3.05) is 13.2 Å². The largest absolute Gasteiger partial charge is 0.493 e. The van der Waals surface area contributed by atoms with Crippen molar-refractivity contribution in [3.05, 3.63) is 63.6 Å². The van der Waals surface area contributed by atoms with E-state index in [4.69, 9.17) is 32.7 Å². The number of nitrogens with one attached hydrogen (secondary N) is 1. The minimum Gasteiger partial charge on any atom is -0.493 e. The van der Waals surface area contributed by atoms with Crippen LogP contribution in [0, 0.1) is 0 Å². The van der Waals surface area contributed by atoms with Gasteiger partial charge in [-0.1, -0.05) is 41.4 Å². The molecule has 0 aliphatic rings. The van der Waals surface area contributed by atoms with Gasteiger partial charge in [-0.25, -0.2) is 4.79 Å². The van der Waals surface area contributed by atoms with Gasteiger partial charge in [-0.2, -0.15) is 0 Å². The summed E-state index contributed by atoms with van der Waals surface area (Å²) in [4.78, 5) is 24.2. The normalized spacial score (nSPS) is 11.5. The molecule has 0 spiro atoms. The molecule has 0 radical (unpaired) electrons. The number of hydrogen-bond acceptors (Lipinski definition) is 4. The molecule has 1 N–H and O–H groups in total. The number of benzene rings is 2. The molecule has 0 aromatic heterocycles. The highest BCUT2D eigenvalue weighted by Crippen LogP contribution is 2.26. The molecule has 1 atom stereocenters. The third kappa shape index (κ3) is 5.38.